The molecule has 0 saturated heterocycles. The average molecular weight is 384 g/mol. The Morgan fingerprint density at radius 2 is 1.38 bits per heavy atom. The standard InChI is InChI=1S/C11H11F11O2/c1-3-7(2,11(20,21)22)6(23)24-4-8(14,15)10(18,19)9(16,17)5(12)13/h5H,3-4H2,1-2H3. The van der Waals surface area contributed by atoms with E-state index in [4.69, 9.17) is 0 Å². The number of carbonyl (C=O) groups is 1. The minimum Gasteiger partial charge on any atom is -0.458 e. The molecule has 13 heteroatoms. The SMILES string of the molecule is CCC(C)(C(=O)OCC(F)(F)C(F)(F)C(F)(F)C(F)F)C(F)(F)F. The molecule has 0 aliphatic carbocycles. The Balaban J connectivity index is 5.38. The van der Waals surface area contributed by atoms with E-state index < -0.39 is 54.8 Å². The first-order valence-corrected chi connectivity index (χ1v) is 6.04. The first-order valence-electron chi connectivity index (χ1n) is 6.04. The average Bonchev–Trinajstić information content (AvgIpc) is 2.41. The predicted octanol–water partition coefficient (Wildman–Crippen LogP) is 4.68. The lowest BCUT2D eigenvalue weighted by Crippen LogP contribution is -2.59. The van der Waals surface area contributed by atoms with Crippen molar-refractivity contribution in [3.05, 3.63) is 0 Å². The van der Waals surface area contributed by atoms with Gasteiger partial charge in [-0.2, -0.15) is 39.5 Å². The molecule has 0 spiro atoms. The summed E-state index contributed by atoms with van der Waals surface area (Å²) >= 11 is 0. The van der Waals surface area contributed by atoms with Crippen LogP contribution < -0.4 is 0 Å². The second kappa shape index (κ2) is 6.54. The van der Waals surface area contributed by atoms with Gasteiger partial charge in [0.2, 0.25) is 0 Å². The highest BCUT2D eigenvalue weighted by atomic mass is 19.4. The van der Waals surface area contributed by atoms with Gasteiger partial charge in [-0.15, -0.1) is 0 Å². The fraction of sp³-hybridized carbons (Fsp3) is 0.909. The van der Waals surface area contributed by atoms with E-state index in [1.54, 1.807) is 0 Å². The van der Waals surface area contributed by atoms with Crippen LogP contribution in [0.4, 0.5) is 48.3 Å². The molecule has 0 saturated carbocycles. The molecule has 0 aromatic heterocycles. The van der Waals surface area contributed by atoms with Crippen LogP contribution in [0.25, 0.3) is 0 Å². The number of esters is 1. The van der Waals surface area contributed by atoms with Crippen LogP contribution >= 0.6 is 0 Å². The van der Waals surface area contributed by atoms with Gasteiger partial charge in [0, 0.05) is 0 Å². The maximum Gasteiger partial charge on any atom is 0.404 e. The highest BCUT2D eigenvalue weighted by molar-refractivity contribution is 5.77. The van der Waals surface area contributed by atoms with E-state index in [1.807, 2.05) is 0 Å². The van der Waals surface area contributed by atoms with Gasteiger partial charge in [-0.05, 0) is 13.3 Å². The van der Waals surface area contributed by atoms with Crippen molar-refractivity contribution in [2.24, 2.45) is 5.41 Å². The Bertz CT molecular complexity index is 457. The summed E-state index contributed by atoms with van der Waals surface area (Å²) in [6.45, 7) is -1.93. The fourth-order valence-electron chi connectivity index (χ4n) is 1.25. The Morgan fingerprint density at radius 3 is 1.67 bits per heavy atom. The molecule has 0 aliphatic rings. The van der Waals surface area contributed by atoms with Crippen LogP contribution in [-0.2, 0) is 9.53 Å². The molecule has 0 fully saturated rings. The van der Waals surface area contributed by atoms with Gasteiger partial charge in [-0.25, -0.2) is 8.78 Å². The molecule has 144 valence electrons. The molecular formula is C11H11F11O2. The summed E-state index contributed by atoms with van der Waals surface area (Å²) in [5.74, 6) is -21.6. The molecule has 24 heavy (non-hydrogen) atoms. The molecule has 0 bridgehead atoms. The summed E-state index contributed by atoms with van der Waals surface area (Å²) in [4.78, 5) is 11.2. The van der Waals surface area contributed by atoms with Gasteiger partial charge in [-0.1, -0.05) is 6.92 Å². The maximum atomic E-state index is 13.1. The lowest BCUT2D eigenvalue weighted by Gasteiger charge is -2.33. The highest BCUT2D eigenvalue weighted by Gasteiger charge is 2.76. The minimum absolute atomic E-state index is 0.208. The van der Waals surface area contributed by atoms with Crippen molar-refractivity contribution in [3.8, 4) is 0 Å². The highest BCUT2D eigenvalue weighted by Crippen LogP contribution is 2.49. The van der Waals surface area contributed by atoms with Crippen molar-refractivity contribution in [1.82, 2.24) is 0 Å². The monoisotopic (exact) mass is 384 g/mol. The molecule has 0 aromatic carbocycles. The van der Waals surface area contributed by atoms with Gasteiger partial charge in [0.1, 0.15) is 0 Å². The Morgan fingerprint density at radius 1 is 0.958 bits per heavy atom. The van der Waals surface area contributed by atoms with Crippen LogP contribution in [0, 0.1) is 5.41 Å². The molecule has 0 amide bonds. The molecule has 1 atom stereocenters. The van der Waals surface area contributed by atoms with E-state index in [0.717, 1.165) is 6.92 Å². The number of carbonyl (C=O) groups excluding carboxylic acids is 1. The van der Waals surface area contributed by atoms with E-state index in [9.17, 15) is 53.1 Å². The number of rotatable bonds is 7. The van der Waals surface area contributed by atoms with Crippen LogP contribution in [0.3, 0.4) is 0 Å². The molecule has 0 aliphatic heterocycles. The molecule has 0 N–H and O–H groups in total. The topological polar surface area (TPSA) is 26.3 Å². The third-order valence-corrected chi connectivity index (χ3v) is 3.32. The predicted molar refractivity (Wildman–Crippen MR) is 56.3 cm³/mol. The van der Waals surface area contributed by atoms with E-state index in [0.29, 0.717) is 0 Å². The molecule has 1 unspecified atom stereocenters. The minimum atomic E-state index is -6.67. The van der Waals surface area contributed by atoms with Crippen molar-refractivity contribution in [1.29, 1.82) is 0 Å². The zero-order valence-corrected chi connectivity index (χ0v) is 12.0. The van der Waals surface area contributed by atoms with E-state index in [1.165, 1.54) is 0 Å². The van der Waals surface area contributed by atoms with Crippen molar-refractivity contribution >= 4 is 5.97 Å². The van der Waals surface area contributed by atoms with Crippen molar-refractivity contribution < 1.29 is 57.8 Å². The third kappa shape index (κ3) is 3.68. The van der Waals surface area contributed by atoms with E-state index >= 15 is 0 Å². The van der Waals surface area contributed by atoms with Crippen molar-refractivity contribution in [2.45, 2.75) is 50.6 Å². The van der Waals surface area contributed by atoms with Crippen LogP contribution in [0.15, 0.2) is 0 Å². The molecule has 0 aromatic rings. The first-order chi connectivity index (χ1) is 10.4. The van der Waals surface area contributed by atoms with Gasteiger partial charge in [0.25, 0.3) is 0 Å². The number of hydrogen-bond acceptors (Lipinski definition) is 2. The second-order valence-corrected chi connectivity index (χ2v) is 4.96. The summed E-state index contributed by atoms with van der Waals surface area (Å²) in [6, 6.07) is 0. The summed E-state index contributed by atoms with van der Waals surface area (Å²) < 4.78 is 142. The quantitative estimate of drug-likeness (QED) is 0.471. The van der Waals surface area contributed by atoms with Gasteiger partial charge in [-0.3, -0.25) is 4.79 Å². The number of hydrogen-bond donors (Lipinski definition) is 0. The van der Waals surface area contributed by atoms with Crippen LogP contribution in [0.2, 0.25) is 0 Å². The summed E-state index contributed by atoms with van der Waals surface area (Å²) in [5, 5.41) is 0. The molecular weight excluding hydrogens is 373 g/mol. The van der Waals surface area contributed by atoms with E-state index in [2.05, 4.69) is 4.74 Å². The lowest BCUT2D eigenvalue weighted by molar-refractivity contribution is -0.345. The summed E-state index contributed by atoms with van der Waals surface area (Å²) in [7, 11) is 0. The van der Waals surface area contributed by atoms with Crippen molar-refractivity contribution in [3.63, 3.8) is 0 Å². The normalized spacial score (nSPS) is 16.9. The summed E-state index contributed by atoms with van der Waals surface area (Å²) in [5.41, 5.74) is -3.37. The van der Waals surface area contributed by atoms with Crippen LogP contribution in [-0.4, -0.2) is 42.9 Å². The fourth-order valence-corrected chi connectivity index (χ4v) is 1.25. The van der Waals surface area contributed by atoms with Crippen LogP contribution in [0.5, 0.6) is 0 Å². The van der Waals surface area contributed by atoms with Gasteiger partial charge in [0.15, 0.2) is 12.0 Å². The maximum absolute atomic E-state index is 13.1. The Hall–Kier alpha value is -1.30. The first kappa shape index (κ1) is 22.7. The largest absolute Gasteiger partial charge is 0.458 e. The molecule has 0 heterocycles. The van der Waals surface area contributed by atoms with Crippen LogP contribution in [0.1, 0.15) is 20.3 Å². The number of alkyl halides is 11. The van der Waals surface area contributed by atoms with Gasteiger partial charge >= 0.3 is 36.3 Å². The second-order valence-electron chi connectivity index (χ2n) is 4.96. The molecule has 0 radical (unpaired) electrons. The van der Waals surface area contributed by atoms with E-state index in [-0.39, 0.29) is 6.92 Å². The zero-order valence-electron chi connectivity index (χ0n) is 12.0. The van der Waals surface area contributed by atoms with Gasteiger partial charge in [0.05, 0.1) is 0 Å². The summed E-state index contributed by atoms with van der Waals surface area (Å²) in [6.07, 6.45) is -11.5. The number of halogens is 11. The lowest BCUT2D eigenvalue weighted by atomic mass is 9.87. The smallest absolute Gasteiger partial charge is 0.404 e. The zero-order chi connectivity index (χ0) is 19.8. The Labute approximate surface area is 127 Å². The van der Waals surface area contributed by atoms with Crippen molar-refractivity contribution in [2.75, 3.05) is 6.61 Å². The third-order valence-electron chi connectivity index (χ3n) is 3.32. The molecule has 2 nitrogen and oxygen atoms in total. The molecule has 0 rings (SSSR count). The van der Waals surface area contributed by atoms with Gasteiger partial charge < -0.3 is 4.74 Å². The number of ether oxygens (including phenoxy) is 1. The Kier molecular flexibility index (Phi) is 6.19.